The maximum Gasteiger partial charge on any atom is 0.324 e. The molecule has 3 aromatic heterocycles. The summed E-state index contributed by atoms with van der Waals surface area (Å²) >= 11 is 4.18. The zero-order valence-electron chi connectivity index (χ0n) is 12.8. The molecule has 3 heterocycles. The first-order valence-electron chi connectivity index (χ1n) is 7.40. The first-order valence-corrected chi connectivity index (χ1v) is 10.1. The second kappa shape index (κ2) is 5.98. The van der Waals surface area contributed by atoms with Crippen LogP contribution in [-0.2, 0) is 25.6 Å². The van der Waals surface area contributed by atoms with Gasteiger partial charge in [0.1, 0.15) is 4.83 Å². The van der Waals surface area contributed by atoms with E-state index in [2.05, 4.69) is 4.98 Å². The molecule has 1 aliphatic rings. The molecule has 0 aliphatic heterocycles. The topological polar surface area (TPSA) is 78.0 Å². The van der Waals surface area contributed by atoms with Crippen molar-refractivity contribution in [1.29, 1.82) is 0 Å². The molecule has 0 spiro atoms. The van der Waals surface area contributed by atoms with Gasteiger partial charge in [-0.2, -0.15) is 0 Å². The lowest BCUT2D eigenvalue weighted by Crippen LogP contribution is -2.20. The van der Waals surface area contributed by atoms with Crippen LogP contribution in [0.1, 0.15) is 22.4 Å². The fourth-order valence-corrected chi connectivity index (χ4v) is 5.96. The smallest absolute Gasteiger partial charge is 0.290 e. The molecule has 0 amide bonds. The van der Waals surface area contributed by atoms with Crippen molar-refractivity contribution in [2.24, 2.45) is 7.05 Å². The van der Waals surface area contributed by atoms with Crippen LogP contribution < -0.4 is 5.56 Å². The summed E-state index contributed by atoms with van der Waals surface area (Å²) in [5.41, 5.74) is 2.08. The van der Waals surface area contributed by atoms with E-state index in [1.165, 1.54) is 22.2 Å². The summed E-state index contributed by atoms with van der Waals surface area (Å²) in [4.78, 5) is 29.9. The van der Waals surface area contributed by atoms with Gasteiger partial charge >= 0.3 is 5.00 Å². The predicted molar refractivity (Wildman–Crippen MR) is 97.4 cm³/mol. The van der Waals surface area contributed by atoms with Crippen LogP contribution >= 0.6 is 34.4 Å². The summed E-state index contributed by atoms with van der Waals surface area (Å²) in [6, 6.07) is 1.58. The van der Waals surface area contributed by atoms with Crippen molar-refractivity contribution in [1.82, 2.24) is 9.55 Å². The molecule has 0 bridgehead atoms. The van der Waals surface area contributed by atoms with Gasteiger partial charge in [-0.1, -0.05) is 23.1 Å². The highest BCUT2D eigenvalue weighted by atomic mass is 32.2. The highest BCUT2D eigenvalue weighted by Crippen LogP contribution is 2.36. The zero-order valence-corrected chi connectivity index (χ0v) is 15.2. The van der Waals surface area contributed by atoms with Gasteiger partial charge in [-0.05, 0) is 30.4 Å². The molecule has 4 rings (SSSR count). The number of hydrogen-bond donors (Lipinski definition) is 0. The van der Waals surface area contributed by atoms with Crippen LogP contribution in [0.15, 0.2) is 21.4 Å². The fourth-order valence-electron chi connectivity index (χ4n) is 2.92. The number of aryl methyl sites for hydroxylation is 2. The lowest BCUT2D eigenvalue weighted by molar-refractivity contribution is -0.380. The van der Waals surface area contributed by atoms with E-state index in [0.717, 1.165) is 46.4 Å². The number of nitrogens with zero attached hydrogens (tertiary/aromatic N) is 3. The summed E-state index contributed by atoms with van der Waals surface area (Å²) in [5.74, 6) is 0.557. The Bertz CT molecular complexity index is 1020. The maximum atomic E-state index is 12.7. The average Bonchev–Trinajstić information content (AvgIpc) is 3.24. The molecule has 3 aromatic rings. The largest absolute Gasteiger partial charge is 0.324 e. The Morgan fingerprint density at radius 3 is 3.04 bits per heavy atom. The lowest BCUT2D eigenvalue weighted by atomic mass is 10.2. The standard InChI is InChI=1S/C15H13N3O3S3/c1-17-14(19)12-9-3-2-4-10(9)24-13(12)16-15(17)23-7-8-5-11(18(20)21)22-6-8/h5-6H,2-4,7H2,1H3. The van der Waals surface area contributed by atoms with E-state index in [1.54, 1.807) is 34.4 Å². The number of fused-ring (bicyclic) bond motifs is 3. The van der Waals surface area contributed by atoms with Crippen molar-refractivity contribution in [3.05, 3.63) is 47.9 Å². The Hall–Kier alpha value is -1.71. The van der Waals surface area contributed by atoms with E-state index in [0.29, 0.717) is 10.9 Å². The summed E-state index contributed by atoms with van der Waals surface area (Å²) in [7, 11) is 1.74. The van der Waals surface area contributed by atoms with E-state index >= 15 is 0 Å². The second-order valence-corrected chi connectivity index (χ2v) is 8.55. The van der Waals surface area contributed by atoms with Gasteiger partial charge in [0.05, 0.1) is 10.3 Å². The number of aromatic nitrogens is 2. The third-order valence-electron chi connectivity index (χ3n) is 4.09. The summed E-state index contributed by atoms with van der Waals surface area (Å²) in [5, 5.41) is 14.1. The van der Waals surface area contributed by atoms with Crippen molar-refractivity contribution in [3.8, 4) is 0 Å². The Balaban J connectivity index is 1.65. The van der Waals surface area contributed by atoms with Crippen molar-refractivity contribution < 1.29 is 4.92 Å². The molecule has 0 N–H and O–H groups in total. The first-order chi connectivity index (χ1) is 11.5. The molecule has 6 nitrogen and oxygen atoms in total. The van der Waals surface area contributed by atoms with Gasteiger partial charge in [-0.15, -0.1) is 11.3 Å². The second-order valence-electron chi connectivity index (χ2n) is 5.64. The Morgan fingerprint density at radius 1 is 1.46 bits per heavy atom. The molecule has 0 radical (unpaired) electrons. The van der Waals surface area contributed by atoms with Crippen LogP contribution in [0.5, 0.6) is 0 Å². The predicted octanol–water partition coefficient (Wildman–Crippen LogP) is 3.75. The molecule has 0 aromatic carbocycles. The van der Waals surface area contributed by atoms with Crippen molar-refractivity contribution in [2.75, 3.05) is 0 Å². The number of thioether (sulfide) groups is 1. The van der Waals surface area contributed by atoms with Gasteiger partial charge in [0.25, 0.3) is 5.56 Å². The van der Waals surface area contributed by atoms with Gasteiger partial charge in [-0.25, -0.2) is 4.98 Å². The van der Waals surface area contributed by atoms with Gasteiger partial charge in [-0.3, -0.25) is 19.5 Å². The van der Waals surface area contributed by atoms with E-state index in [-0.39, 0.29) is 15.5 Å². The molecular weight excluding hydrogens is 366 g/mol. The van der Waals surface area contributed by atoms with E-state index in [4.69, 9.17) is 0 Å². The molecule has 0 saturated heterocycles. The fraction of sp³-hybridized carbons (Fsp3) is 0.333. The minimum absolute atomic E-state index is 0.0122. The van der Waals surface area contributed by atoms with Crippen LogP contribution in [0.25, 0.3) is 10.2 Å². The minimum Gasteiger partial charge on any atom is -0.290 e. The van der Waals surface area contributed by atoms with Gasteiger partial charge in [0.15, 0.2) is 5.16 Å². The number of nitro groups is 1. The molecule has 1 aliphatic carbocycles. The SMILES string of the molecule is Cn1c(SCc2csc([N+](=O)[O-])c2)nc2sc3c(c2c1=O)CCC3. The molecule has 0 unspecified atom stereocenters. The Kier molecular flexibility index (Phi) is 3.93. The first kappa shape index (κ1) is 15.8. The van der Waals surface area contributed by atoms with Gasteiger partial charge in [0, 0.05) is 29.1 Å². The molecule has 9 heteroatoms. The number of hydrogen-bond acceptors (Lipinski definition) is 7. The Labute approximate surface area is 149 Å². The van der Waals surface area contributed by atoms with Crippen molar-refractivity contribution >= 4 is 49.7 Å². The van der Waals surface area contributed by atoms with E-state index in [1.807, 2.05) is 0 Å². The van der Waals surface area contributed by atoms with Gasteiger partial charge in [0.2, 0.25) is 0 Å². The lowest BCUT2D eigenvalue weighted by Gasteiger charge is -2.06. The average molecular weight is 379 g/mol. The van der Waals surface area contributed by atoms with Crippen LogP contribution in [0.2, 0.25) is 0 Å². The van der Waals surface area contributed by atoms with Gasteiger partial charge < -0.3 is 0 Å². The van der Waals surface area contributed by atoms with E-state index in [9.17, 15) is 14.9 Å². The van der Waals surface area contributed by atoms with E-state index < -0.39 is 0 Å². The molecule has 0 saturated carbocycles. The summed E-state index contributed by atoms with van der Waals surface area (Å²) in [6.07, 6.45) is 3.13. The molecule has 0 fully saturated rings. The zero-order chi connectivity index (χ0) is 16.8. The summed E-state index contributed by atoms with van der Waals surface area (Å²) < 4.78 is 1.60. The molecule has 124 valence electrons. The normalized spacial score (nSPS) is 13.5. The van der Waals surface area contributed by atoms with Crippen molar-refractivity contribution in [3.63, 3.8) is 0 Å². The van der Waals surface area contributed by atoms with Crippen LogP contribution in [-0.4, -0.2) is 14.5 Å². The van der Waals surface area contributed by atoms with Crippen LogP contribution in [0, 0.1) is 10.1 Å². The molecule has 24 heavy (non-hydrogen) atoms. The maximum absolute atomic E-state index is 12.7. The number of rotatable bonds is 4. The highest BCUT2D eigenvalue weighted by Gasteiger charge is 2.22. The summed E-state index contributed by atoms with van der Waals surface area (Å²) in [6.45, 7) is 0. The monoisotopic (exact) mass is 379 g/mol. The molecular formula is C15H13N3O3S3. The van der Waals surface area contributed by atoms with Crippen molar-refractivity contribution in [2.45, 2.75) is 30.2 Å². The minimum atomic E-state index is -0.383. The van der Waals surface area contributed by atoms with Crippen LogP contribution in [0.3, 0.4) is 0 Å². The number of thiophene rings is 2. The quantitative estimate of drug-likeness (QED) is 0.299. The highest BCUT2D eigenvalue weighted by molar-refractivity contribution is 7.98. The molecule has 0 atom stereocenters. The van der Waals surface area contributed by atoms with Crippen LogP contribution in [0.4, 0.5) is 5.00 Å². The third-order valence-corrected chi connectivity index (χ3v) is 7.31. The Morgan fingerprint density at radius 2 is 2.29 bits per heavy atom. The third kappa shape index (κ3) is 2.56.